The van der Waals surface area contributed by atoms with Crippen LogP contribution in [-0.2, 0) is 10.0 Å². The van der Waals surface area contributed by atoms with Crippen LogP contribution in [-0.4, -0.2) is 97.8 Å². The van der Waals surface area contributed by atoms with Gasteiger partial charge in [-0.3, -0.25) is 15.1 Å². The molecule has 0 spiro atoms. The second-order valence-electron chi connectivity index (χ2n) is 12.7. The van der Waals surface area contributed by atoms with Gasteiger partial charge in [0.25, 0.3) is 0 Å². The van der Waals surface area contributed by atoms with E-state index in [1.54, 1.807) is 4.31 Å². The third-order valence-corrected chi connectivity index (χ3v) is 13.2. The number of nitrogens with one attached hydrogen (secondary N) is 1. The quantitative estimate of drug-likeness (QED) is 0.572. The number of fused-ring (bicyclic) bond motifs is 1. The van der Waals surface area contributed by atoms with Gasteiger partial charge in [-0.05, 0) is 100 Å². The van der Waals surface area contributed by atoms with Crippen molar-refractivity contribution >= 4 is 10.0 Å². The van der Waals surface area contributed by atoms with Crippen molar-refractivity contribution < 1.29 is 17.9 Å². The summed E-state index contributed by atoms with van der Waals surface area (Å²) in [5.41, 5.74) is -0.628. The van der Waals surface area contributed by atoms with E-state index in [-0.39, 0.29) is 24.6 Å². The smallest absolute Gasteiger partial charge is 0.244 e. The first-order valence-electron chi connectivity index (χ1n) is 14.7. The van der Waals surface area contributed by atoms with Crippen LogP contribution in [0.4, 0.5) is 4.39 Å². The average Bonchev–Trinajstić information content (AvgIpc) is 3.29. The zero-order valence-corrected chi connectivity index (χ0v) is 23.4. The van der Waals surface area contributed by atoms with Crippen LogP contribution >= 0.6 is 0 Å². The van der Waals surface area contributed by atoms with Gasteiger partial charge in [-0.1, -0.05) is 13.8 Å². The molecule has 208 valence electrons. The highest BCUT2D eigenvalue weighted by Crippen LogP contribution is 2.50. The van der Waals surface area contributed by atoms with E-state index in [4.69, 9.17) is 0 Å². The van der Waals surface area contributed by atoms with Crippen molar-refractivity contribution in [1.29, 1.82) is 0 Å². The molecule has 0 aromatic heterocycles. The Hall–Kier alpha value is -0.320. The molecule has 2 N–H and O–H groups in total. The SMILES string of the molecule is CC1C(F)CCC(C2CCC([C@H]3C4CN(S(=O)(=O)C5NCCN5C)CCCCN4[C@@H]3CO)CC2)C1C. The van der Waals surface area contributed by atoms with Crippen molar-refractivity contribution in [2.45, 2.75) is 89.0 Å². The Morgan fingerprint density at radius 2 is 1.64 bits per heavy atom. The molecule has 36 heavy (non-hydrogen) atoms. The Labute approximate surface area is 218 Å². The molecule has 0 aromatic carbocycles. The molecule has 0 radical (unpaired) electrons. The third-order valence-electron chi connectivity index (χ3n) is 11.0. The highest BCUT2D eigenvalue weighted by Gasteiger charge is 2.54. The molecule has 6 unspecified atom stereocenters. The monoisotopic (exact) mass is 528 g/mol. The minimum atomic E-state index is -3.46. The molecule has 5 fully saturated rings. The summed E-state index contributed by atoms with van der Waals surface area (Å²) in [6, 6.07) is 0.360. The van der Waals surface area contributed by atoms with E-state index >= 15 is 0 Å². The lowest BCUT2D eigenvalue weighted by molar-refractivity contribution is -0.124. The van der Waals surface area contributed by atoms with Crippen molar-refractivity contribution in [3.8, 4) is 0 Å². The lowest BCUT2D eigenvalue weighted by Crippen LogP contribution is -2.71. The Balaban J connectivity index is 1.26. The number of halogens is 1. The van der Waals surface area contributed by atoms with Gasteiger partial charge in [0.05, 0.1) is 6.61 Å². The van der Waals surface area contributed by atoms with Crippen molar-refractivity contribution in [2.24, 2.45) is 35.5 Å². The number of rotatable bonds is 5. The molecular formula is C27H49FN4O3S. The van der Waals surface area contributed by atoms with Crippen molar-refractivity contribution in [2.75, 3.05) is 46.4 Å². The van der Waals surface area contributed by atoms with E-state index in [1.165, 1.54) is 12.8 Å². The van der Waals surface area contributed by atoms with E-state index in [0.29, 0.717) is 49.2 Å². The van der Waals surface area contributed by atoms with E-state index in [9.17, 15) is 17.9 Å². The molecule has 0 bridgehead atoms. The van der Waals surface area contributed by atoms with Crippen molar-refractivity contribution in [1.82, 2.24) is 19.4 Å². The van der Waals surface area contributed by atoms with Crippen molar-refractivity contribution in [3.63, 3.8) is 0 Å². The molecule has 5 rings (SSSR count). The number of likely N-dealkylation sites (N-methyl/N-ethyl adjacent to an activating group) is 1. The minimum Gasteiger partial charge on any atom is -0.395 e. The first kappa shape index (κ1) is 27.3. The van der Waals surface area contributed by atoms with E-state index in [0.717, 1.165) is 51.6 Å². The van der Waals surface area contributed by atoms with E-state index in [2.05, 4.69) is 24.1 Å². The van der Waals surface area contributed by atoms with Crippen molar-refractivity contribution in [3.05, 3.63) is 0 Å². The predicted molar refractivity (Wildman–Crippen MR) is 140 cm³/mol. The Kier molecular flexibility index (Phi) is 8.36. The van der Waals surface area contributed by atoms with Crippen LogP contribution in [0.5, 0.6) is 0 Å². The van der Waals surface area contributed by atoms with Gasteiger partial charge in [-0.15, -0.1) is 0 Å². The molecule has 3 heterocycles. The highest BCUT2D eigenvalue weighted by atomic mass is 32.2. The summed E-state index contributed by atoms with van der Waals surface area (Å²) in [7, 11) is -1.58. The number of hydrogen-bond acceptors (Lipinski definition) is 6. The molecule has 5 aliphatic rings. The third kappa shape index (κ3) is 4.90. The first-order chi connectivity index (χ1) is 17.2. The predicted octanol–water partition coefficient (Wildman–Crippen LogP) is 2.72. The Morgan fingerprint density at radius 3 is 2.31 bits per heavy atom. The number of hydrogen-bond donors (Lipinski definition) is 2. The number of aliphatic hydroxyl groups is 1. The second-order valence-corrected chi connectivity index (χ2v) is 14.7. The summed E-state index contributed by atoms with van der Waals surface area (Å²) in [6.45, 7) is 8.06. The summed E-state index contributed by atoms with van der Waals surface area (Å²) < 4.78 is 43.2. The Morgan fingerprint density at radius 1 is 0.944 bits per heavy atom. The van der Waals surface area contributed by atoms with Gasteiger partial charge >= 0.3 is 0 Å². The minimum absolute atomic E-state index is 0.160. The molecular weight excluding hydrogens is 479 g/mol. The normalized spacial score (nSPS) is 46.0. The van der Waals surface area contributed by atoms with Gasteiger partial charge in [0.2, 0.25) is 10.0 Å². The molecule has 3 aliphatic heterocycles. The number of sulfonamides is 1. The van der Waals surface area contributed by atoms with Gasteiger partial charge in [-0.2, -0.15) is 4.31 Å². The van der Waals surface area contributed by atoms with Crippen LogP contribution in [0, 0.1) is 35.5 Å². The van der Waals surface area contributed by atoms with Gasteiger partial charge in [0, 0.05) is 38.3 Å². The van der Waals surface area contributed by atoms with Gasteiger partial charge < -0.3 is 5.11 Å². The van der Waals surface area contributed by atoms with Crippen LogP contribution < -0.4 is 5.32 Å². The molecule has 9 heteroatoms. The molecule has 2 saturated carbocycles. The lowest BCUT2D eigenvalue weighted by atomic mass is 9.60. The highest BCUT2D eigenvalue weighted by molar-refractivity contribution is 7.89. The summed E-state index contributed by atoms with van der Waals surface area (Å²) >= 11 is 0. The van der Waals surface area contributed by atoms with Crippen LogP contribution in [0.25, 0.3) is 0 Å². The molecule has 0 amide bonds. The number of aliphatic hydroxyl groups excluding tert-OH is 1. The first-order valence-corrected chi connectivity index (χ1v) is 16.2. The van der Waals surface area contributed by atoms with Gasteiger partial charge in [0.15, 0.2) is 5.50 Å². The molecule has 3 saturated heterocycles. The summed E-state index contributed by atoms with van der Waals surface area (Å²) in [5, 5.41) is 13.5. The lowest BCUT2D eigenvalue weighted by Gasteiger charge is -2.60. The fraction of sp³-hybridized carbons (Fsp3) is 1.00. The summed E-state index contributed by atoms with van der Waals surface area (Å²) in [4.78, 5) is 4.32. The maximum Gasteiger partial charge on any atom is 0.244 e. The molecule has 0 aromatic rings. The molecule has 2 aliphatic carbocycles. The standard InChI is InChI=1S/C27H49FN4O3S/c1-18-19(2)23(28)11-10-22(18)20-6-8-21(9-7-20)26-24-16-31(13-4-5-14-32(24)25(26)17-33)36(34,35)27-29-12-15-30(27)3/h18-27,29,33H,4-17H2,1-3H3/t18?,19?,20?,21?,22?,23?,24?,25-,26+,27?/m1/s1. The molecule has 8 atom stereocenters. The average molecular weight is 529 g/mol. The van der Waals surface area contributed by atoms with Gasteiger partial charge in [0.1, 0.15) is 6.17 Å². The second kappa shape index (κ2) is 11.0. The largest absolute Gasteiger partial charge is 0.395 e. The maximum atomic E-state index is 14.2. The van der Waals surface area contributed by atoms with Crippen LogP contribution in [0.1, 0.15) is 65.2 Å². The summed E-state index contributed by atoms with van der Waals surface area (Å²) in [5.74, 6) is 2.84. The van der Waals surface area contributed by atoms with Crippen LogP contribution in [0.3, 0.4) is 0 Å². The van der Waals surface area contributed by atoms with Gasteiger partial charge in [-0.25, -0.2) is 12.8 Å². The zero-order valence-electron chi connectivity index (χ0n) is 22.6. The summed E-state index contributed by atoms with van der Waals surface area (Å²) in [6.07, 6.45) is 7.66. The molecule has 7 nitrogen and oxygen atoms in total. The topological polar surface area (TPSA) is 76.1 Å². The fourth-order valence-corrected chi connectivity index (χ4v) is 10.6. The van der Waals surface area contributed by atoms with Crippen LogP contribution in [0.2, 0.25) is 0 Å². The van der Waals surface area contributed by atoms with E-state index in [1.807, 2.05) is 11.9 Å². The number of nitrogens with zero attached hydrogens (tertiary/aromatic N) is 3. The fourth-order valence-electron chi connectivity index (χ4n) is 8.70. The zero-order chi connectivity index (χ0) is 25.6. The maximum absolute atomic E-state index is 14.2. The van der Waals surface area contributed by atoms with E-state index < -0.39 is 21.7 Å². The Bertz CT molecular complexity index is 854. The van der Waals surface area contributed by atoms with Crippen LogP contribution in [0.15, 0.2) is 0 Å². The number of alkyl halides is 1.